The van der Waals surface area contributed by atoms with Crippen molar-refractivity contribution in [3.8, 4) is 0 Å². The van der Waals surface area contributed by atoms with Crippen LogP contribution in [-0.2, 0) is 0 Å². The van der Waals surface area contributed by atoms with Crippen molar-refractivity contribution in [1.29, 1.82) is 0 Å². The molecule has 0 saturated heterocycles. The van der Waals surface area contributed by atoms with Crippen LogP contribution in [0.3, 0.4) is 0 Å². The van der Waals surface area contributed by atoms with Gasteiger partial charge in [0.25, 0.3) is 0 Å². The van der Waals surface area contributed by atoms with Gasteiger partial charge in [0.1, 0.15) is 0 Å². The molecule has 0 bridgehead atoms. The van der Waals surface area contributed by atoms with E-state index in [1.54, 1.807) is 0 Å². The van der Waals surface area contributed by atoms with Gasteiger partial charge < -0.3 is 11.1 Å². The summed E-state index contributed by atoms with van der Waals surface area (Å²) in [6.45, 7) is 0.799. The van der Waals surface area contributed by atoms with E-state index in [4.69, 9.17) is 5.73 Å². The first-order valence-corrected chi connectivity index (χ1v) is 6.99. The zero-order valence-electron chi connectivity index (χ0n) is 10.3. The van der Waals surface area contributed by atoms with Crippen molar-refractivity contribution in [2.45, 2.75) is 63.5 Å². The van der Waals surface area contributed by atoms with E-state index < -0.39 is 0 Å². The molecule has 3 N–H and O–H groups in total. The smallest absolute Gasteiger partial charge is 0.0195 e. The second-order valence-corrected chi connectivity index (χ2v) is 5.48. The Morgan fingerprint density at radius 3 is 2.44 bits per heavy atom. The summed E-state index contributed by atoms with van der Waals surface area (Å²) in [5.41, 5.74) is 5.89. The Kier molecular flexibility index (Phi) is 4.86. The molecule has 0 radical (unpaired) electrons. The van der Waals surface area contributed by atoms with Gasteiger partial charge in [-0.3, -0.25) is 0 Å². The van der Waals surface area contributed by atoms with Crippen molar-refractivity contribution in [2.24, 2.45) is 11.7 Å². The van der Waals surface area contributed by atoms with Crippen molar-refractivity contribution in [3.63, 3.8) is 0 Å². The maximum Gasteiger partial charge on any atom is 0.0195 e. The molecule has 2 heteroatoms. The van der Waals surface area contributed by atoms with E-state index in [0.717, 1.165) is 12.5 Å². The summed E-state index contributed by atoms with van der Waals surface area (Å²) in [5.74, 6) is 0.934. The summed E-state index contributed by atoms with van der Waals surface area (Å²) >= 11 is 0. The summed E-state index contributed by atoms with van der Waals surface area (Å²) in [5, 5.41) is 3.73. The van der Waals surface area contributed by atoms with Crippen LogP contribution in [0.1, 0.15) is 51.4 Å². The van der Waals surface area contributed by atoms with E-state index in [0.29, 0.717) is 12.1 Å². The van der Waals surface area contributed by atoms with Gasteiger partial charge >= 0.3 is 0 Å². The van der Waals surface area contributed by atoms with E-state index >= 15 is 0 Å². The molecule has 1 fully saturated rings. The van der Waals surface area contributed by atoms with Crippen LogP contribution in [0.4, 0.5) is 0 Å². The predicted molar refractivity (Wildman–Crippen MR) is 69.3 cm³/mol. The molecular weight excluding hydrogens is 196 g/mol. The van der Waals surface area contributed by atoms with Gasteiger partial charge in [0, 0.05) is 18.6 Å². The normalized spacial score (nSPS) is 25.1. The first-order chi connectivity index (χ1) is 7.88. The summed E-state index contributed by atoms with van der Waals surface area (Å²) in [7, 11) is 0. The highest BCUT2D eigenvalue weighted by molar-refractivity contribution is 4.98. The fraction of sp³-hybridized carbons (Fsp3) is 0.857. The lowest BCUT2D eigenvalue weighted by molar-refractivity contribution is 0.288. The number of nitrogens with one attached hydrogen (secondary N) is 1. The fourth-order valence-corrected chi connectivity index (χ4v) is 3.14. The Balaban J connectivity index is 1.71. The third kappa shape index (κ3) is 3.60. The molecule has 92 valence electrons. The van der Waals surface area contributed by atoms with Crippen LogP contribution >= 0.6 is 0 Å². The van der Waals surface area contributed by atoms with Gasteiger partial charge in [0.2, 0.25) is 0 Å². The van der Waals surface area contributed by atoms with Crippen molar-refractivity contribution >= 4 is 0 Å². The lowest BCUT2D eigenvalue weighted by Crippen LogP contribution is -2.43. The van der Waals surface area contributed by atoms with Crippen LogP contribution in [0.2, 0.25) is 0 Å². The highest BCUT2D eigenvalue weighted by atomic mass is 15.0. The fourth-order valence-electron chi connectivity index (χ4n) is 3.14. The lowest BCUT2D eigenvalue weighted by atomic mass is 9.84. The van der Waals surface area contributed by atoms with Gasteiger partial charge in [-0.1, -0.05) is 44.3 Å². The Bertz CT molecular complexity index is 211. The monoisotopic (exact) mass is 222 g/mol. The van der Waals surface area contributed by atoms with Crippen molar-refractivity contribution in [1.82, 2.24) is 5.32 Å². The molecule has 1 unspecified atom stereocenters. The van der Waals surface area contributed by atoms with Gasteiger partial charge in [-0.05, 0) is 25.2 Å². The van der Waals surface area contributed by atoms with Crippen LogP contribution < -0.4 is 11.1 Å². The number of hydrogen-bond donors (Lipinski definition) is 2. The van der Waals surface area contributed by atoms with Crippen molar-refractivity contribution in [3.05, 3.63) is 12.2 Å². The van der Waals surface area contributed by atoms with Crippen LogP contribution in [-0.4, -0.2) is 18.6 Å². The minimum absolute atomic E-state index is 0.549. The standard InChI is InChI=1S/C14H26N2/c15-11-14(16-13-8-4-5-9-13)10-12-6-2-1-3-7-12/h4-5,12-14,16H,1-3,6-11,15H2. The molecule has 1 atom stereocenters. The molecule has 0 aromatic heterocycles. The Hall–Kier alpha value is -0.340. The molecule has 0 amide bonds. The van der Waals surface area contributed by atoms with Gasteiger partial charge in [-0.15, -0.1) is 0 Å². The molecule has 0 aliphatic heterocycles. The summed E-state index contributed by atoms with van der Waals surface area (Å²) in [4.78, 5) is 0. The van der Waals surface area contributed by atoms with Gasteiger partial charge in [-0.25, -0.2) is 0 Å². The highest BCUT2D eigenvalue weighted by Crippen LogP contribution is 2.27. The third-order valence-electron chi connectivity index (χ3n) is 4.11. The molecule has 2 rings (SSSR count). The van der Waals surface area contributed by atoms with Crippen molar-refractivity contribution < 1.29 is 0 Å². The molecular formula is C14H26N2. The molecule has 2 nitrogen and oxygen atoms in total. The second-order valence-electron chi connectivity index (χ2n) is 5.48. The molecule has 1 saturated carbocycles. The quantitative estimate of drug-likeness (QED) is 0.702. The first-order valence-electron chi connectivity index (χ1n) is 6.99. The number of rotatable bonds is 5. The predicted octanol–water partition coefficient (Wildman–Crippen LogP) is 2.59. The van der Waals surface area contributed by atoms with Crippen LogP contribution in [0.25, 0.3) is 0 Å². The van der Waals surface area contributed by atoms with E-state index in [1.807, 2.05) is 0 Å². The molecule has 0 aromatic rings. The minimum Gasteiger partial charge on any atom is -0.329 e. The van der Waals surface area contributed by atoms with Crippen LogP contribution in [0, 0.1) is 5.92 Å². The number of nitrogens with two attached hydrogens (primary N) is 1. The number of hydrogen-bond acceptors (Lipinski definition) is 2. The maximum atomic E-state index is 5.89. The van der Waals surface area contributed by atoms with E-state index in [9.17, 15) is 0 Å². The molecule has 0 aromatic carbocycles. The molecule has 0 spiro atoms. The average Bonchev–Trinajstić information content (AvgIpc) is 2.82. The van der Waals surface area contributed by atoms with Gasteiger partial charge in [0.05, 0.1) is 0 Å². The van der Waals surface area contributed by atoms with E-state index in [1.165, 1.54) is 51.4 Å². The molecule has 2 aliphatic rings. The minimum atomic E-state index is 0.549. The molecule has 16 heavy (non-hydrogen) atoms. The van der Waals surface area contributed by atoms with Crippen LogP contribution in [0.15, 0.2) is 12.2 Å². The zero-order chi connectivity index (χ0) is 11.2. The summed E-state index contributed by atoms with van der Waals surface area (Å²) in [6, 6.07) is 1.21. The van der Waals surface area contributed by atoms with Gasteiger partial charge in [0.15, 0.2) is 0 Å². The summed E-state index contributed by atoms with van der Waals surface area (Å²) < 4.78 is 0. The van der Waals surface area contributed by atoms with Gasteiger partial charge in [-0.2, -0.15) is 0 Å². The Morgan fingerprint density at radius 2 is 1.81 bits per heavy atom. The molecule has 0 heterocycles. The average molecular weight is 222 g/mol. The van der Waals surface area contributed by atoms with Crippen molar-refractivity contribution in [2.75, 3.05) is 6.54 Å². The first kappa shape index (κ1) is 12.1. The highest BCUT2D eigenvalue weighted by Gasteiger charge is 2.20. The topological polar surface area (TPSA) is 38.0 Å². The van der Waals surface area contributed by atoms with E-state index in [-0.39, 0.29) is 0 Å². The maximum absolute atomic E-state index is 5.89. The van der Waals surface area contributed by atoms with E-state index in [2.05, 4.69) is 17.5 Å². The Labute approximate surface area is 99.7 Å². The lowest BCUT2D eigenvalue weighted by Gasteiger charge is -2.28. The zero-order valence-corrected chi connectivity index (χ0v) is 10.3. The largest absolute Gasteiger partial charge is 0.329 e. The second kappa shape index (κ2) is 6.41. The third-order valence-corrected chi connectivity index (χ3v) is 4.11. The molecule has 2 aliphatic carbocycles. The summed E-state index contributed by atoms with van der Waals surface area (Å²) in [6.07, 6.45) is 15.4. The Morgan fingerprint density at radius 1 is 1.12 bits per heavy atom. The SMILES string of the molecule is NCC(CC1CCCCC1)NC1CC=CC1. The van der Waals surface area contributed by atoms with Crippen LogP contribution in [0.5, 0.6) is 0 Å².